The third-order valence-corrected chi connectivity index (χ3v) is 5.29. The van der Waals surface area contributed by atoms with E-state index in [-0.39, 0.29) is 11.7 Å². The number of amidine groups is 2. The number of nitrogens with two attached hydrogens (primary N) is 2. The van der Waals surface area contributed by atoms with E-state index in [2.05, 4.69) is 0 Å². The number of hydrogen-bond acceptors (Lipinski definition) is 4. The van der Waals surface area contributed by atoms with E-state index in [0.29, 0.717) is 12.8 Å². The molecule has 0 saturated heterocycles. The Labute approximate surface area is 192 Å². The standard InChI is InChI=1S/C26H38N4O2/c27-25(28)17-11-21-7-13-23(14-8-21)31-19-5-3-1-2-4-6-20-32-24-15-9-22(10-16-24)12-18-26(29)30/h7-10,13-16H,1-6,11-12,17-20H2,(H3,27,28)(H3,29,30). The minimum Gasteiger partial charge on any atom is -0.494 e. The molecule has 0 spiro atoms. The van der Waals surface area contributed by atoms with Crippen LogP contribution in [0, 0.1) is 10.8 Å². The van der Waals surface area contributed by atoms with E-state index in [1.807, 2.05) is 48.5 Å². The molecular weight excluding hydrogens is 400 g/mol. The summed E-state index contributed by atoms with van der Waals surface area (Å²) in [5.74, 6) is 2.26. The third kappa shape index (κ3) is 11.4. The van der Waals surface area contributed by atoms with Crippen molar-refractivity contribution in [3.8, 4) is 11.5 Å². The fourth-order valence-corrected chi connectivity index (χ4v) is 3.35. The van der Waals surface area contributed by atoms with Gasteiger partial charge in [-0.25, -0.2) is 0 Å². The summed E-state index contributed by atoms with van der Waals surface area (Å²) in [5.41, 5.74) is 13.2. The Morgan fingerprint density at radius 2 is 0.906 bits per heavy atom. The van der Waals surface area contributed by atoms with Gasteiger partial charge in [0.2, 0.25) is 0 Å². The van der Waals surface area contributed by atoms with Crippen molar-refractivity contribution in [1.29, 1.82) is 10.8 Å². The second-order valence-electron chi connectivity index (χ2n) is 8.16. The Morgan fingerprint density at radius 1 is 0.562 bits per heavy atom. The van der Waals surface area contributed by atoms with Crippen LogP contribution in [0.4, 0.5) is 0 Å². The molecule has 0 amide bonds. The average Bonchev–Trinajstić information content (AvgIpc) is 2.79. The zero-order valence-corrected chi connectivity index (χ0v) is 19.1. The number of benzene rings is 2. The predicted octanol–water partition coefficient (Wildman–Crippen LogP) is 5.22. The first kappa shape index (κ1) is 25.2. The van der Waals surface area contributed by atoms with Gasteiger partial charge in [-0.3, -0.25) is 10.8 Å². The maximum absolute atomic E-state index is 7.28. The lowest BCUT2D eigenvalue weighted by Gasteiger charge is -2.08. The summed E-state index contributed by atoms with van der Waals surface area (Å²) in [5, 5.41) is 14.6. The topological polar surface area (TPSA) is 118 Å². The Bertz CT molecular complexity index is 734. The van der Waals surface area contributed by atoms with E-state index in [1.165, 1.54) is 36.8 Å². The van der Waals surface area contributed by atoms with Gasteiger partial charge in [0.15, 0.2) is 0 Å². The molecule has 6 heteroatoms. The van der Waals surface area contributed by atoms with Crippen LogP contribution < -0.4 is 20.9 Å². The second-order valence-corrected chi connectivity index (χ2v) is 8.16. The monoisotopic (exact) mass is 438 g/mol. The van der Waals surface area contributed by atoms with Crippen LogP contribution in [0.5, 0.6) is 11.5 Å². The summed E-state index contributed by atoms with van der Waals surface area (Å²) in [6.07, 6.45) is 9.74. The van der Waals surface area contributed by atoms with Gasteiger partial charge >= 0.3 is 0 Å². The Hall–Kier alpha value is -3.02. The molecule has 0 aromatic heterocycles. The molecule has 0 unspecified atom stereocenters. The number of ether oxygens (including phenoxy) is 2. The molecule has 0 aliphatic heterocycles. The molecule has 0 bridgehead atoms. The minimum absolute atomic E-state index is 0.228. The molecule has 2 aromatic carbocycles. The van der Waals surface area contributed by atoms with Crippen molar-refractivity contribution in [3.05, 3.63) is 59.7 Å². The molecule has 174 valence electrons. The van der Waals surface area contributed by atoms with Gasteiger partial charge in [0, 0.05) is 12.8 Å². The van der Waals surface area contributed by atoms with Gasteiger partial charge in [-0.1, -0.05) is 49.9 Å². The summed E-state index contributed by atoms with van der Waals surface area (Å²) in [4.78, 5) is 0. The molecule has 0 aliphatic carbocycles. The van der Waals surface area contributed by atoms with E-state index in [9.17, 15) is 0 Å². The lowest BCUT2D eigenvalue weighted by molar-refractivity contribution is 0.297. The molecule has 0 radical (unpaired) electrons. The lowest BCUT2D eigenvalue weighted by atomic mass is 10.1. The molecule has 6 nitrogen and oxygen atoms in total. The van der Waals surface area contributed by atoms with Gasteiger partial charge in [0.05, 0.1) is 24.9 Å². The first-order chi connectivity index (χ1) is 15.5. The highest BCUT2D eigenvalue weighted by atomic mass is 16.5. The summed E-state index contributed by atoms with van der Waals surface area (Å²) >= 11 is 0. The minimum atomic E-state index is 0.228. The van der Waals surface area contributed by atoms with Gasteiger partial charge in [-0.2, -0.15) is 0 Å². The van der Waals surface area contributed by atoms with Crippen LogP contribution in [-0.2, 0) is 12.8 Å². The van der Waals surface area contributed by atoms with E-state index >= 15 is 0 Å². The zero-order valence-electron chi connectivity index (χ0n) is 19.1. The molecule has 0 atom stereocenters. The van der Waals surface area contributed by atoms with Crippen LogP contribution in [0.1, 0.15) is 62.5 Å². The molecule has 0 aliphatic rings. The normalized spacial score (nSPS) is 10.6. The van der Waals surface area contributed by atoms with Crippen molar-refractivity contribution in [2.45, 2.75) is 64.2 Å². The van der Waals surface area contributed by atoms with Crippen LogP contribution in [0.3, 0.4) is 0 Å². The van der Waals surface area contributed by atoms with Crippen LogP contribution in [0.15, 0.2) is 48.5 Å². The lowest BCUT2D eigenvalue weighted by Crippen LogP contribution is -2.10. The highest BCUT2D eigenvalue weighted by molar-refractivity contribution is 5.77. The van der Waals surface area contributed by atoms with Crippen molar-refractivity contribution in [2.75, 3.05) is 13.2 Å². The fraction of sp³-hybridized carbons (Fsp3) is 0.462. The van der Waals surface area contributed by atoms with E-state index in [0.717, 1.165) is 50.4 Å². The molecule has 0 fully saturated rings. The van der Waals surface area contributed by atoms with E-state index < -0.39 is 0 Å². The number of aryl methyl sites for hydroxylation is 2. The quantitative estimate of drug-likeness (QED) is 0.154. The molecular formula is C26H38N4O2. The van der Waals surface area contributed by atoms with Gasteiger partial charge < -0.3 is 20.9 Å². The smallest absolute Gasteiger partial charge is 0.119 e. The Balaban J connectivity index is 1.44. The highest BCUT2D eigenvalue weighted by Gasteiger charge is 2.00. The summed E-state index contributed by atoms with van der Waals surface area (Å²) in [6, 6.07) is 16.2. The fourth-order valence-electron chi connectivity index (χ4n) is 3.35. The number of hydrogen-bond donors (Lipinski definition) is 4. The first-order valence-electron chi connectivity index (χ1n) is 11.6. The van der Waals surface area contributed by atoms with Crippen LogP contribution >= 0.6 is 0 Å². The maximum atomic E-state index is 7.28. The predicted molar refractivity (Wildman–Crippen MR) is 132 cm³/mol. The third-order valence-electron chi connectivity index (χ3n) is 5.29. The first-order valence-corrected chi connectivity index (χ1v) is 11.6. The zero-order chi connectivity index (χ0) is 23.0. The summed E-state index contributed by atoms with van der Waals surface area (Å²) in [6.45, 7) is 1.50. The van der Waals surface area contributed by atoms with Gasteiger partial charge in [-0.15, -0.1) is 0 Å². The summed E-state index contributed by atoms with van der Waals surface area (Å²) in [7, 11) is 0. The largest absolute Gasteiger partial charge is 0.494 e. The van der Waals surface area contributed by atoms with Crippen molar-refractivity contribution in [1.82, 2.24) is 0 Å². The molecule has 32 heavy (non-hydrogen) atoms. The van der Waals surface area contributed by atoms with Gasteiger partial charge in [0.1, 0.15) is 11.5 Å². The molecule has 0 heterocycles. The van der Waals surface area contributed by atoms with E-state index in [1.54, 1.807) is 0 Å². The number of nitrogens with one attached hydrogen (secondary N) is 2. The van der Waals surface area contributed by atoms with Crippen molar-refractivity contribution >= 4 is 11.7 Å². The average molecular weight is 439 g/mol. The number of rotatable bonds is 17. The molecule has 6 N–H and O–H groups in total. The summed E-state index contributed by atoms with van der Waals surface area (Å²) < 4.78 is 11.6. The number of unbranched alkanes of at least 4 members (excludes halogenated alkanes) is 5. The van der Waals surface area contributed by atoms with Crippen LogP contribution in [0.25, 0.3) is 0 Å². The second kappa shape index (κ2) is 14.9. The van der Waals surface area contributed by atoms with Crippen LogP contribution in [0.2, 0.25) is 0 Å². The molecule has 2 aromatic rings. The van der Waals surface area contributed by atoms with Crippen molar-refractivity contribution in [2.24, 2.45) is 11.5 Å². The van der Waals surface area contributed by atoms with Crippen molar-refractivity contribution in [3.63, 3.8) is 0 Å². The van der Waals surface area contributed by atoms with Gasteiger partial charge in [-0.05, 0) is 61.1 Å². The molecule has 0 saturated carbocycles. The SMILES string of the molecule is N=C(N)CCc1ccc(OCCCCCCCCOc2ccc(CCC(=N)N)cc2)cc1. The van der Waals surface area contributed by atoms with E-state index in [4.69, 9.17) is 31.8 Å². The van der Waals surface area contributed by atoms with Crippen molar-refractivity contribution < 1.29 is 9.47 Å². The maximum Gasteiger partial charge on any atom is 0.119 e. The van der Waals surface area contributed by atoms with Gasteiger partial charge in [0.25, 0.3) is 0 Å². The van der Waals surface area contributed by atoms with Crippen LogP contribution in [-0.4, -0.2) is 24.9 Å². The molecule has 2 rings (SSSR count). The highest BCUT2D eigenvalue weighted by Crippen LogP contribution is 2.16. The Morgan fingerprint density at radius 3 is 1.25 bits per heavy atom. The Kier molecular flexibility index (Phi) is 11.7.